The van der Waals surface area contributed by atoms with E-state index in [9.17, 15) is 0 Å². The molecule has 1 fully saturated rings. The highest BCUT2D eigenvalue weighted by Crippen LogP contribution is 2.38. The van der Waals surface area contributed by atoms with Crippen molar-refractivity contribution in [2.75, 3.05) is 26.8 Å². The summed E-state index contributed by atoms with van der Waals surface area (Å²) in [6, 6.07) is 0.644. The van der Waals surface area contributed by atoms with Gasteiger partial charge in [-0.1, -0.05) is 26.2 Å². The summed E-state index contributed by atoms with van der Waals surface area (Å²) < 4.78 is 5.31. The topological polar surface area (TPSA) is 38.5 Å². The Morgan fingerprint density at radius 3 is 2.53 bits per heavy atom. The number of rotatable bonds is 11. The number of ether oxygens (including phenoxy) is 1. The molecule has 19 heavy (non-hydrogen) atoms. The van der Waals surface area contributed by atoms with Gasteiger partial charge in [0.1, 0.15) is 0 Å². The molecule has 2 atom stereocenters. The number of nitrogens with zero attached hydrogens (tertiary/aromatic N) is 1. The van der Waals surface area contributed by atoms with E-state index in [0.29, 0.717) is 6.04 Å². The van der Waals surface area contributed by atoms with Gasteiger partial charge >= 0.3 is 0 Å². The minimum atomic E-state index is 0.135. The monoisotopic (exact) mass is 270 g/mol. The van der Waals surface area contributed by atoms with E-state index < -0.39 is 0 Å². The second-order valence-corrected chi connectivity index (χ2v) is 6.42. The summed E-state index contributed by atoms with van der Waals surface area (Å²) in [7, 11) is 1.79. The highest BCUT2D eigenvalue weighted by atomic mass is 16.5. The van der Waals surface area contributed by atoms with E-state index in [4.69, 9.17) is 10.5 Å². The van der Waals surface area contributed by atoms with E-state index in [2.05, 4.69) is 25.7 Å². The molecule has 1 saturated carbocycles. The first-order valence-electron chi connectivity index (χ1n) is 8.04. The molecule has 0 heterocycles. The average Bonchev–Trinajstić information content (AvgIpc) is 3.23. The Morgan fingerprint density at radius 1 is 1.37 bits per heavy atom. The van der Waals surface area contributed by atoms with Gasteiger partial charge in [-0.15, -0.1) is 0 Å². The molecule has 0 radical (unpaired) electrons. The molecule has 0 aromatic rings. The van der Waals surface area contributed by atoms with Crippen LogP contribution in [0.5, 0.6) is 0 Å². The van der Waals surface area contributed by atoms with Gasteiger partial charge in [-0.2, -0.15) is 0 Å². The van der Waals surface area contributed by atoms with E-state index in [-0.39, 0.29) is 5.54 Å². The molecule has 3 nitrogen and oxygen atoms in total. The van der Waals surface area contributed by atoms with Crippen LogP contribution >= 0.6 is 0 Å². The zero-order valence-electron chi connectivity index (χ0n) is 13.5. The van der Waals surface area contributed by atoms with Gasteiger partial charge in [-0.3, -0.25) is 4.90 Å². The molecule has 0 amide bonds. The molecular formula is C16H34N2O. The molecule has 0 aromatic carbocycles. The Kier molecular flexibility index (Phi) is 7.33. The van der Waals surface area contributed by atoms with Crippen molar-refractivity contribution in [3.8, 4) is 0 Å². The van der Waals surface area contributed by atoms with Crippen LogP contribution < -0.4 is 5.73 Å². The van der Waals surface area contributed by atoms with Crippen molar-refractivity contribution in [1.29, 1.82) is 0 Å². The van der Waals surface area contributed by atoms with Crippen molar-refractivity contribution < 1.29 is 4.74 Å². The number of nitrogens with two attached hydrogens (primary N) is 1. The SMILES string of the molecule is CCCCCC(C)(CN)N(CCOC)C(C)C1CC1. The van der Waals surface area contributed by atoms with Crippen LogP contribution in [0.1, 0.15) is 59.3 Å². The third-order valence-corrected chi connectivity index (χ3v) is 4.78. The van der Waals surface area contributed by atoms with Crippen LogP contribution in [0, 0.1) is 5.92 Å². The van der Waals surface area contributed by atoms with Gasteiger partial charge in [-0.05, 0) is 39.0 Å². The van der Waals surface area contributed by atoms with Crippen LogP contribution in [0.25, 0.3) is 0 Å². The smallest absolute Gasteiger partial charge is 0.0590 e. The third kappa shape index (κ3) is 5.05. The fourth-order valence-corrected chi connectivity index (χ4v) is 3.11. The van der Waals surface area contributed by atoms with Crippen molar-refractivity contribution in [1.82, 2.24) is 4.90 Å². The summed E-state index contributed by atoms with van der Waals surface area (Å²) >= 11 is 0. The first kappa shape index (κ1) is 16.9. The molecule has 114 valence electrons. The van der Waals surface area contributed by atoms with Gasteiger partial charge in [0.15, 0.2) is 0 Å². The standard InChI is InChI=1S/C16H34N2O/c1-5-6-7-10-16(3,13-17)18(11-12-19-4)14(2)15-8-9-15/h14-15H,5-13,17H2,1-4H3. The molecule has 0 saturated heterocycles. The van der Waals surface area contributed by atoms with Crippen LogP contribution in [-0.2, 0) is 4.74 Å². The first-order valence-corrected chi connectivity index (χ1v) is 8.04. The van der Waals surface area contributed by atoms with Crippen LogP contribution in [0.4, 0.5) is 0 Å². The van der Waals surface area contributed by atoms with E-state index >= 15 is 0 Å². The molecule has 0 aliphatic heterocycles. The highest BCUT2D eigenvalue weighted by molar-refractivity contribution is 4.95. The predicted octanol–water partition coefficient (Wildman–Crippen LogP) is 3.03. The normalized spacial score (nSPS) is 20.5. The minimum Gasteiger partial charge on any atom is -0.383 e. The van der Waals surface area contributed by atoms with E-state index in [0.717, 1.165) is 25.6 Å². The molecule has 1 aliphatic rings. The Bertz CT molecular complexity index is 243. The fraction of sp³-hybridized carbons (Fsp3) is 1.00. The minimum absolute atomic E-state index is 0.135. The number of hydrogen-bond donors (Lipinski definition) is 1. The predicted molar refractivity (Wildman–Crippen MR) is 82.4 cm³/mol. The lowest BCUT2D eigenvalue weighted by atomic mass is 9.90. The largest absolute Gasteiger partial charge is 0.383 e. The van der Waals surface area contributed by atoms with Crippen molar-refractivity contribution in [2.24, 2.45) is 11.7 Å². The molecular weight excluding hydrogens is 236 g/mol. The molecule has 0 bridgehead atoms. The van der Waals surface area contributed by atoms with Crippen LogP contribution in [0.2, 0.25) is 0 Å². The van der Waals surface area contributed by atoms with Gasteiger partial charge in [-0.25, -0.2) is 0 Å². The molecule has 2 unspecified atom stereocenters. The summed E-state index contributed by atoms with van der Waals surface area (Å²) in [5.41, 5.74) is 6.27. The summed E-state index contributed by atoms with van der Waals surface area (Å²) in [5.74, 6) is 0.883. The number of hydrogen-bond acceptors (Lipinski definition) is 3. The summed E-state index contributed by atoms with van der Waals surface area (Å²) in [6.07, 6.45) is 7.85. The molecule has 1 aliphatic carbocycles. The number of unbranched alkanes of at least 4 members (excludes halogenated alkanes) is 2. The lowest BCUT2D eigenvalue weighted by Crippen LogP contribution is -2.56. The Labute approximate surface area is 119 Å². The zero-order chi connectivity index (χ0) is 14.3. The lowest BCUT2D eigenvalue weighted by Gasteiger charge is -2.45. The van der Waals surface area contributed by atoms with Gasteiger partial charge in [0.05, 0.1) is 6.61 Å². The van der Waals surface area contributed by atoms with Gasteiger partial charge in [0, 0.05) is 31.8 Å². The summed E-state index contributed by atoms with van der Waals surface area (Å²) in [5, 5.41) is 0. The van der Waals surface area contributed by atoms with Crippen molar-refractivity contribution >= 4 is 0 Å². The van der Waals surface area contributed by atoms with Crippen LogP contribution in [0.15, 0.2) is 0 Å². The Morgan fingerprint density at radius 2 is 2.05 bits per heavy atom. The molecule has 2 N–H and O–H groups in total. The number of methoxy groups -OCH3 is 1. The molecule has 0 aromatic heterocycles. The first-order chi connectivity index (χ1) is 9.09. The lowest BCUT2D eigenvalue weighted by molar-refractivity contribution is 0.0248. The third-order valence-electron chi connectivity index (χ3n) is 4.78. The van der Waals surface area contributed by atoms with E-state index in [1.54, 1.807) is 7.11 Å². The van der Waals surface area contributed by atoms with Crippen molar-refractivity contribution in [2.45, 2.75) is 70.9 Å². The molecule has 3 heteroatoms. The van der Waals surface area contributed by atoms with Gasteiger partial charge in [0.2, 0.25) is 0 Å². The zero-order valence-corrected chi connectivity index (χ0v) is 13.5. The van der Waals surface area contributed by atoms with Gasteiger partial charge in [0.25, 0.3) is 0 Å². The Balaban J connectivity index is 2.65. The van der Waals surface area contributed by atoms with Crippen LogP contribution in [-0.4, -0.2) is 43.3 Å². The maximum absolute atomic E-state index is 6.14. The van der Waals surface area contributed by atoms with Gasteiger partial charge < -0.3 is 10.5 Å². The summed E-state index contributed by atoms with van der Waals surface area (Å²) in [6.45, 7) is 9.54. The second-order valence-electron chi connectivity index (χ2n) is 6.42. The van der Waals surface area contributed by atoms with E-state index in [1.807, 2.05) is 0 Å². The average molecular weight is 270 g/mol. The fourth-order valence-electron chi connectivity index (χ4n) is 3.11. The molecule has 0 spiro atoms. The quantitative estimate of drug-likeness (QED) is 0.587. The summed E-state index contributed by atoms with van der Waals surface area (Å²) in [4.78, 5) is 2.63. The maximum Gasteiger partial charge on any atom is 0.0590 e. The van der Waals surface area contributed by atoms with Crippen molar-refractivity contribution in [3.05, 3.63) is 0 Å². The highest BCUT2D eigenvalue weighted by Gasteiger charge is 2.39. The van der Waals surface area contributed by atoms with E-state index in [1.165, 1.54) is 38.5 Å². The Hall–Kier alpha value is -0.120. The molecule has 1 rings (SSSR count). The maximum atomic E-state index is 6.14. The van der Waals surface area contributed by atoms with Crippen molar-refractivity contribution in [3.63, 3.8) is 0 Å². The van der Waals surface area contributed by atoms with Crippen LogP contribution in [0.3, 0.4) is 0 Å². The second kappa shape index (κ2) is 8.23.